The number of anilines is 2. The largest absolute Gasteiger partial charge is 0.369 e. The second-order valence-electron chi connectivity index (χ2n) is 9.05. The molecular formula is C23H30N6O2S. The summed E-state index contributed by atoms with van der Waals surface area (Å²) < 4.78 is 24.0. The maximum atomic E-state index is 12.0. The normalized spacial score (nSPS) is 25.0. The van der Waals surface area contributed by atoms with E-state index in [1.807, 2.05) is 0 Å². The van der Waals surface area contributed by atoms with E-state index in [4.69, 9.17) is 5.73 Å². The Bertz CT molecular complexity index is 1100. The zero-order chi connectivity index (χ0) is 22.7. The number of rotatable bonds is 7. The summed E-state index contributed by atoms with van der Waals surface area (Å²) in [5.41, 5.74) is 7.44. The molecule has 2 aromatic rings. The van der Waals surface area contributed by atoms with Crippen molar-refractivity contribution < 1.29 is 8.42 Å². The van der Waals surface area contributed by atoms with Crippen LogP contribution in [0.5, 0.6) is 0 Å². The Kier molecular flexibility index (Phi) is 6.63. The van der Waals surface area contributed by atoms with Gasteiger partial charge in [-0.05, 0) is 55.1 Å². The van der Waals surface area contributed by atoms with Crippen molar-refractivity contribution in [2.75, 3.05) is 23.4 Å². The van der Waals surface area contributed by atoms with Gasteiger partial charge in [-0.25, -0.2) is 13.4 Å². The Morgan fingerprint density at radius 3 is 2.59 bits per heavy atom. The first-order chi connectivity index (χ1) is 15.3. The highest BCUT2D eigenvalue weighted by Crippen LogP contribution is 2.41. The molecule has 0 spiro atoms. The Morgan fingerprint density at radius 1 is 1.19 bits per heavy atom. The van der Waals surface area contributed by atoms with Crippen molar-refractivity contribution in [3.63, 3.8) is 0 Å². The quantitative estimate of drug-likeness (QED) is 0.581. The summed E-state index contributed by atoms with van der Waals surface area (Å²) in [6.45, 7) is 1.01. The molecule has 4 rings (SSSR count). The van der Waals surface area contributed by atoms with Crippen molar-refractivity contribution in [1.82, 2.24) is 9.97 Å². The predicted octanol–water partition coefficient (Wildman–Crippen LogP) is 2.93. The lowest BCUT2D eigenvalue weighted by molar-refractivity contribution is 0.112. The number of nitrogens with one attached hydrogen (secondary N) is 2. The minimum absolute atomic E-state index is 0.262. The molecule has 2 aliphatic carbocycles. The highest BCUT2D eigenvalue weighted by atomic mass is 32.2. The summed E-state index contributed by atoms with van der Waals surface area (Å²) in [6, 6.07) is 9.32. The molecule has 32 heavy (non-hydrogen) atoms. The minimum Gasteiger partial charge on any atom is -0.369 e. The second kappa shape index (κ2) is 9.43. The third kappa shape index (κ3) is 5.03. The van der Waals surface area contributed by atoms with E-state index in [9.17, 15) is 13.7 Å². The Hall–Kier alpha value is -2.70. The first-order valence-corrected chi connectivity index (χ1v) is 13.0. The number of aromatic nitrogens is 2. The van der Waals surface area contributed by atoms with Gasteiger partial charge in [0.1, 0.15) is 17.5 Å². The molecule has 1 aromatic heterocycles. The van der Waals surface area contributed by atoms with Crippen LogP contribution < -0.4 is 16.4 Å². The topological polar surface area (TPSA) is 134 Å². The van der Waals surface area contributed by atoms with Gasteiger partial charge in [-0.2, -0.15) is 10.2 Å². The second-order valence-corrected chi connectivity index (χ2v) is 11.0. The van der Waals surface area contributed by atoms with E-state index in [1.165, 1.54) is 31.7 Å². The molecule has 1 heterocycles. The van der Waals surface area contributed by atoms with E-state index in [1.54, 1.807) is 24.3 Å². The van der Waals surface area contributed by atoms with Crippen LogP contribution in [0, 0.1) is 29.1 Å². The molecular weight excluding hydrogens is 424 g/mol. The third-order valence-corrected chi connectivity index (χ3v) is 7.98. The number of benzene rings is 1. The van der Waals surface area contributed by atoms with E-state index in [-0.39, 0.29) is 11.4 Å². The van der Waals surface area contributed by atoms with E-state index in [0.717, 1.165) is 19.4 Å². The summed E-state index contributed by atoms with van der Waals surface area (Å²) in [7, 11) is -3.33. The van der Waals surface area contributed by atoms with Crippen LogP contribution in [-0.2, 0) is 16.4 Å². The van der Waals surface area contributed by atoms with Gasteiger partial charge in [0.25, 0.3) is 0 Å². The van der Waals surface area contributed by atoms with Crippen molar-refractivity contribution in [3.05, 3.63) is 41.6 Å². The van der Waals surface area contributed by atoms with E-state index in [2.05, 4.69) is 26.7 Å². The number of hydrogen-bond donors (Lipinski definition) is 3. The molecule has 2 fully saturated rings. The molecule has 1 aromatic carbocycles. The number of nitrogens with two attached hydrogens (primary N) is 1. The van der Waals surface area contributed by atoms with Gasteiger partial charge in [-0.15, -0.1) is 0 Å². The summed E-state index contributed by atoms with van der Waals surface area (Å²) in [5.74, 6) is 2.56. The number of fused-ring (bicyclic) bond motifs is 2. The van der Waals surface area contributed by atoms with Gasteiger partial charge in [0.15, 0.2) is 9.84 Å². The number of nitriles is 1. The fraction of sp³-hybridized carbons (Fsp3) is 0.522. The Balaban J connectivity index is 1.43. The van der Waals surface area contributed by atoms with Gasteiger partial charge in [0.2, 0.25) is 5.95 Å². The number of hydrogen-bond acceptors (Lipinski definition) is 8. The molecule has 8 nitrogen and oxygen atoms in total. The molecule has 2 aliphatic rings. The molecule has 0 radical (unpaired) electrons. The maximum absolute atomic E-state index is 12.0. The van der Waals surface area contributed by atoms with E-state index < -0.39 is 9.84 Å². The highest BCUT2D eigenvalue weighted by Gasteiger charge is 2.37. The fourth-order valence-electron chi connectivity index (χ4n) is 5.19. The minimum atomic E-state index is -3.33. The summed E-state index contributed by atoms with van der Waals surface area (Å²) in [5, 5.41) is 15.9. The Morgan fingerprint density at radius 2 is 1.91 bits per heavy atom. The zero-order valence-electron chi connectivity index (χ0n) is 18.3. The smallest absolute Gasteiger partial charge is 0.224 e. The van der Waals surface area contributed by atoms with Crippen LogP contribution in [0.4, 0.5) is 11.8 Å². The van der Waals surface area contributed by atoms with Gasteiger partial charge >= 0.3 is 0 Å². The number of nitrogens with zero attached hydrogens (tertiary/aromatic N) is 3. The molecule has 0 aliphatic heterocycles. The van der Waals surface area contributed by atoms with Gasteiger partial charge < -0.3 is 16.4 Å². The SMILES string of the molecule is CS(=O)(=O)c1ccccc1CNc1ncc(C#N)c(NCC2C[C@H]3CCC[C@@H](C2)[C@@H]3N)n1. The average Bonchev–Trinajstić information content (AvgIpc) is 2.76. The zero-order valence-corrected chi connectivity index (χ0v) is 19.1. The first-order valence-electron chi connectivity index (χ1n) is 11.1. The summed E-state index contributed by atoms with van der Waals surface area (Å²) in [4.78, 5) is 8.99. The lowest BCUT2D eigenvalue weighted by atomic mass is 9.65. The average molecular weight is 455 g/mol. The highest BCUT2D eigenvalue weighted by molar-refractivity contribution is 7.90. The Labute approximate surface area is 189 Å². The van der Waals surface area contributed by atoms with E-state index in [0.29, 0.717) is 46.7 Å². The standard InChI is InChI=1S/C23H30N6O2S/c1-32(30,31)20-8-3-2-5-18(20)13-27-23-28-14-19(11-24)22(29-23)26-12-15-9-16-6-4-7-17(10-15)21(16)25/h2-3,5,8,14-17,21H,4,6-7,9-10,12-13,25H2,1H3,(H2,26,27,28,29)/t15?,16-,17+,21-. The van der Waals surface area contributed by atoms with Crippen LogP contribution in [0.25, 0.3) is 0 Å². The van der Waals surface area contributed by atoms with E-state index >= 15 is 0 Å². The lowest BCUT2D eigenvalue weighted by Crippen LogP contribution is -2.47. The van der Waals surface area contributed by atoms with Crippen LogP contribution in [-0.4, -0.2) is 37.2 Å². The van der Waals surface area contributed by atoms with Gasteiger partial charge in [-0.3, -0.25) is 0 Å². The first kappa shape index (κ1) is 22.5. The molecule has 1 unspecified atom stereocenters. The monoisotopic (exact) mass is 454 g/mol. The molecule has 0 saturated heterocycles. The van der Waals surface area contributed by atoms with Gasteiger partial charge in [-0.1, -0.05) is 24.6 Å². The van der Waals surface area contributed by atoms with Crippen molar-refractivity contribution in [2.45, 2.75) is 49.6 Å². The molecule has 170 valence electrons. The van der Waals surface area contributed by atoms with Crippen LogP contribution >= 0.6 is 0 Å². The maximum Gasteiger partial charge on any atom is 0.224 e. The fourth-order valence-corrected chi connectivity index (χ4v) is 6.13. The third-order valence-electron chi connectivity index (χ3n) is 6.79. The van der Waals surface area contributed by atoms with Gasteiger partial charge in [0, 0.05) is 25.4 Å². The van der Waals surface area contributed by atoms with Crippen molar-refractivity contribution in [2.24, 2.45) is 23.5 Å². The summed E-state index contributed by atoms with van der Waals surface area (Å²) in [6.07, 6.45) is 8.63. The van der Waals surface area contributed by atoms with Crippen molar-refractivity contribution in [3.8, 4) is 6.07 Å². The summed E-state index contributed by atoms with van der Waals surface area (Å²) >= 11 is 0. The molecule has 4 N–H and O–H groups in total. The molecule has 9 heteroatoms. The van der Waals surface area contributed by atoms with Crippen LogP contribution in [0.15, 0.2) is 35.4 Å². The van der Waals surface area contributed by atoms with Crippen LogP contribution in [0.1, 0.15) is 43.2 Å². The van der Waals surface area contributed by atoms with Crippen molar-refractivity contribution in [1.29, 1.82) is 5.26 Å². The predicted molar refractivity (Wildman–Crippen MR) is 124 cm³/mol. The number of sulfone groups is 1. The molecule has 0 amide bonds. The van der Waals surface area contributed by atoms with Gasteiger partial charge in [0.05, 0.1) is 11.1 Å². The molecule has 2 saturated carbocycles. The molecule has 4 atom stereocenters. The van der Waals surface area contributed by atoms with Crippen LogP contribution in [0.3, 0.4) is 0 Å². The van der Waals surface area contributed by atoms with Crippen molar-refractivity contribution >= 4 is 21.6 Å². The van der Waals surface area contributed by atoms with Crippen LogP contribution in [0.2, 0.25) is 0 Å². The molecule has 2 bridgehead atoms. The lowest BCUT2D eigenvalue weighted by Gasteiger charge is -2.44.